The average Bonchev–Trinajstić information content (AvgIpc) is 3.58. The quantitative estimate of drug-likeness (QED) is 0.326. The summed E-state index contributed by atoms with van der Waals surface area (Å²) >= 11 is 0. The molecular weight excluding hydrogens is 440 g/mol. The highest BCUT2D eigenvalue weighted by Crippen LogP contribution is 2.16. The molecule has 0 saturated carbocycles. The van der Waals surface area contributed by atoms with Gasteiger partial charge in [-0.1, -0.05) is 46.6 Å². The van der Waals surface area contributed by atoms with E-state index in [0.29, 0.717) is 0 Å². The fraction of sp³-hybridized carbons (Fsp3) is 0.500. The first-order chi connectivity index (χ1) is 16.9. The predicted molar refractivity (Wildman–Crippen MR) is 163 cm³/mol. The maximum atomic E-state index is 4.07. The van der Waals surface area contributed by atoms with Gasteiger partial charge in [-0.25, -0.2) is 0 Å². The van der Waals surface area contributed by atoms with E-state index < -0.39 is 0 Å². The molecule has 4 heteroatoms. The first-order valence-electron chi connectivity index (χ1n) is 13.0. The molecule has 0 fully saturated rings. The van der Waals surface area contributed by atoms with E-state index in [1.807, 2.05) is 40.1 Å². The van der Waals surface area contributed by atoms with E-state index in [1.165, 1.54) is 57.7 Å². The Morgan fingerprint density at radius 2 is 0.694 bits per heavy atom. The molecule has 36 heavy (non-hydrogen) atoms. The summed E-state index contributed by atoms with van der Waals surface area (Å²) < 4.78 is 0. The van der Waals surface area contributed by atoms with E-state index in [-0.39, 0.29) is 0 Å². The predicted octanol–water partition coefficient (Wildman–Crippen LogP) is 9.69. The van der Waals surface area contributed by atoms with E-state index in [2.05, 4.69) is 86.0 Å². The molecule has 0 atom stereocenters. The fourth-order valence-corrected chi connectivity index (χ4v) is 3.75. The van der Waals surface area contributed by atoms with Crippen molar-refractivity contribution in [3.05, 3.63) is 70.1 Å². The second-order valence-electron chi connectivity index (χ2n) is 10.6. The van der Waals surface area contributed by atoms with Crippen LogP contribution >= 0.6 is 0 Å². The van der Waals surface area contributed by atoms with Gasteiger partial charge >= 0.3 is 0 Å². The summed E-state index contributed by atoms with van der Waals surface area (Å²) in [5.41, 5.74) is 13.4. The van der Waals surface area contributed by atoms with Gasteiger partial charge in [-0.05, 0) is 106 Å². The summed E-state index contributed by atoms with van der Waals surface area (Å²) in [6.07, 6.45) is 19.3. The van der Waals surface area contributed by atoms with Crippen LogP contribution in [0, 0.1) is 0 Å². The molecule has 0 saturated heterocycles. The van der Waals surface area contributed by atoms with Crippen molar-refractivity contribution in [3.63, 3.8) is 0 Å². The summed E-state index contributed by atoms with van der Waals surface area (Å²) in [5.74, 6) is 0. The molecule has 0 bridgehead atoms. The zero-order valence-electron chi connectivity index (χ0n) is 24.5. The Labute approximate surface area is 220 Å². The number of hydrogen-bond acceptors (Lipinski definition) is 4. The van der Waals surface area contributed by atoms with Gasteiger partial charge in [0.25, 0.3) is 0 Å². The van der Waals surface area contributed by atoms with E-state index in [1.54, 1.807) is 0 Å². The van der Waals surface area contributed by atoms with Crippen molar-refractivity contribution in [1.82, 2.24) is 0 Å². The summed E-state index contributed by atoms with van der Waals surface area (Å²) in [7, 11) is 0. The first-order valence-corrected chi connectivity index (χ1v) is 13.0. The lowest BCUT2D eigenvalue weighted by Gasteiger charge is -2.02. The van der Waals surface area contributed by atoms with Crippen molar-refractivity contribution in [2.45, 2.75) is 108 Å². The van der Waals surface area contributed by atoms with Crippen LogP contribution in [0.25, 0.3) is 0 Å². The van der Waals surface area contributed by atoms with E-state index >= 15 is 0 Å². The van der Waals surface area contributed by atoms with Gasteiger partial charge in [-0.15, -0.1) is 0 Å². The Bertz CT molecular complexity index is 845. The second-order valence-corrected chi connectivity index (χ2v) is 10.6. The summed E-state index contributed by atoms with van der Waals surface area (Å²) in [6.45, 7) is 21.0. The number of nitrogens with zero attached hydrogens (tertiary/aromatic N) is 4. The highest BCUT2D eigenvalue weighted by atomic mass is 15.2. The lowest BCUT2D eigenvalue weighted by Crippen LogP contribution is -2.02. The molecule has 0 radical (unpaired) electrons. The van der Waals surface area contributed by atoms with Crippen LogP contribution in [0.3, 0.4) is 0 Å². The van der Waals surface area contributed by atoms with Gasteiger partial charge in [-0.3, -0.25) is 9.98 Å². The molecule has 5 rings (SSSR count). The zero-order valence-corrected chi connectivity index (χ0v) is 24.5. The minimum absolute atomic E-state index is 1.08. The second kappa shape index (κ2) is 16.7. The zero-order chi connectivity index (χ0) is 27.1. The van der Waals surface area contributed by atoms with Crippen LogP contribution < -0.4 is 0 Å². The molecule has 2 aliphatic carbocycles. The van der Waals surface area contributed by atoms with Crippen molar-refractivity contribution < 1.29 is 0 Å². The van der Waals surface area contributed by atoms with Crippen molar-refractivity contribution >= 4 is 22.8 Å². The molecule has 0 aromatic heterocycles. The van der Waals surface area contributed by atoms with Crippen LogP contribution in [0.5, 0.6) is 0 Å². The van der Waals surface area contributed by atoms with Crippen LogP contribution in [-0.2, 0) is 0 Å². The fourth-order valence-electron chi connectivity index (χ4n) is 3.75. The SMILES string of the molecule is CC1=CC=C(C)C1.CC1=CC=C(C)C1.CC1=CN=C(C)C1.CC1=CN=C(C)C1.CC1=NN=C(C)CC1. The monoisotopic (exact) mass is 488 g/mol. The maximum Gasteiger partial charge on any atom is 0.0378 e. The normalized spacial score (nSPS) is 19.3. The average molecular weight is 489 g/mol. The molecule has 0 N–H and O–H groups in total. The molecular formula is C32H48N4. The van der Waals surface area contributed by atoms with E-state index in [4.69, 9.17) is 0 Å². The molecule has 0 spiro atoms. The van der Waals surface area contributed by atoms with Crippen LogP contribution in [0.4, 0.5) is 0 Å². The van der Waals surface area contributed by atoms with E-state index in [9.17, 15) is 0 Å². The lowest BCUT2D eigenvalue weighted by atomic mass is 10.1. The highest BCUT2D eigenvalue weighted by molar-refractivity contribution is 5.92. The lowest BCUT2D eigenvalue weighted by molar-refractivity contribution is 1.02. The van der Waals surface area contributed by atoms with Crippen molar-refractivity contribution in [1.29, 1.82) is 0 Å². The number of aliphatic imine (C=N–C) groups is 2. The highest BCUT2D eigenvalue weighted by Gasteiger charge is 2.00. The summed E-state index contributed by atoms with van der Waals surface area (Å²) in [6, 6.07) is 0. The van der Waals surface area contributed by atoms with Gasteiger partial charge in [0.2, 0.25) is 0 Å². The minimum atomic E-state index is 1.08. The Morgan fingerprint density at radius 1 is 0.389 bits per heavy atom. The molecule has 0 amide bonds. The molecule has 196 valence electrons. The Kier molecular flexibility index (Phi) is 14.5. The Hall–Kier alpha value is -2.88. The smallest absolute Gasteiger partial charge is 0.0378 e. The van der Waals surface area contributed by atoms with Gasteiger partial charge in [0, 0.05) is 48.1 Å². The largest absolute Gasteiger partial charge is 0.266 e. The van der Waals surface area contributed by atoms with Gasteiger partial charge in [0.1, 0.15) is 0 Å². The minimum Gasteiger partial charge on any atom is -0.266 e. The van der Waals surface area contributed by atoms with Crippen LogP contribution in [0.2, 0.25) is 0 Å². The first kappa shape index (κ1) is 31.2. The molecule has 3 heterocycles. The number of hydrogen-bond donors (Lipinski definition) is 0. The molecule has 0 aromatic carbocycles. The van der Waals surface area contributed by atoms with Crippen molar-refractivity contribution in [2.75, 3.05) is 0 Å². The molecule has 0 aromatic rings. The van der Waals surface area contributed by atoms with Crippen molar-refractivity contribution in [2.24, 2.45) is 20.2 Å². The van der Waals surface area contributed by atoms with Gasteiger partial charge in [0.15, 0.2) is 0 Å². The molecule has 0 unspecified atom stereocenters. The maximum absolute atomic E-state index is 4.07. The van der Waals surface area contributed by atoms with E-state index in [0.717, 1.165) is 37.1 Å². The summed E-state index contributed by atoms with van der Waals surface area (Å²) in [5, 5.41) is 7.83. The third kappa shape index (κ3) is 15.2. The standard InChI is InChI=1S/2C7H10.C6H10N2.2C6H9N/c2*1-6-3-4-7(2)5-6;1-5-3-4-6(2)8-7-5;2*1-5-3-6(2)7-4-5/h2*3-4H,5H2,1-2H3;3-4H2,1-2H3;2*4H,3H2,1-2H3. The third-order valence-corrected chi connectivity index (χ3v) is 5.74. The van der Waals surface area contributed by atoms with Gasteiger partial charge < -0.3 is 0 Å². The molecule has 5 aliphatic rings. The topological polar surface area (TPSA) is 49.4 Å². The third-order valence-electron chi connectivity index (χ3n) is 5.74. The van der Waals surface area contributed by atoms with Gasteiger partial charge in [0.05, 0.1) is 0 Å². The van der Waals surface area contributed by atoms with Crippen LogP contribution in [0.15, 0.2) is 90.3 Å². The van der Waals surface area contributed by atoms with Crippen molar-refractivity contribution in [3.8, 4) is 0 Å². The Balaban J connectivity index is 0.000000225. The van der Waals surface area contributed by atoms with Gasteiger partial charge in [-0.2, -0.15) is 10.2 Å². The molecule has 3 aliphatic heterocycles. The Morgan fingerprint density at radius 3 is 0.806 bits per heavy atom. The number of rotatable bonds is 0. The van der Waals surface area contributed by atoms with Crippen LogP contribution in [0.1, 0.15) is 108 Å². The number of allylic oxidation sites excluding steroid dienone is 10. The summed E-state index contributed by atoms with van der Waals surface area (Å²) in [4.78, 5) is 8.14. The van der Waals surface area contributed by atoms with Crippen LogP contribution in [-0.4, -0.2) is 22.8 Å². The molecule has 4 nitrogen and oxygen atoms in total.